The van der Waals surface area contributed by atoms with Gasteiger partial charge in [-0.15, -0.1) is 0 Å². The molecule has 0 bridgehead atoms. The largest absolute Gasteiger partial charge is 0.504 e. The molecule has 0 saturated carbocycles. The second-order valence-corrected chi connectivity index (χ2v) is 8.54. The van der Waals surface area contributed by atoms with Gasteiger partial charge in [-0.25, -0.2) is 9.59 Å². The van der Waals surface area contributed by atoms with Crippen molar-refractivity contribution in [1.82, 2.24) is 0 Å². The van der Waals surface area contributed by atoms with E-state index in [1.165, 1.54) is 31.4 Å². The molecule has 2 aliphatic rings. The number of aliphatic carboxylic acids is 1. The Hall–Kier alpha value is -3.26. The maximum atomic E-state index is 12.5. The molecule has 12 heteroatoms. The Morgan fingerprint density at radius 1 is 1.16 bits per heavy atom. The summed E-state index contributed by atoms with van der Waals surface area (Å²) in [7, 11) is 1.39. The average Bonchev–Trinajstić information content (AvgIpc) is 3.17. The Kier molecular flexibility index (Phi) is 9.43. The first kappa shape index (κ1) is 28.3. The molecule has 1 aliphatic carbocycles. The van der Waals surface area contributed by atoms with E-state index in [0.717, 1.165) is 6.08 Å². The van der Waals surface area contributed by atoms with E-state index in [1.54, 1.807) is 13.0 Å². The van der Waals surface area contributed by atoms with Crippen molar-refractivity contribution in [1.29, 1.82) is 0 Å². The first-order chi connectivity index (χ1) is 17.6. The second-order valence-electron chi connectivity index (χ2n) is 8.54. The van der Waals surface area contributed by atoms with Crippen LogP contribution in [-0.4, -0.2) is 99.7 Å². The topological polar surface area (TPSA) is 192 Å². The smallest absolute Gasteiger partial charge is 0.336 e. The lowest BCUT2D eigenvalue weighted by atomic mass is 9.99. The number of phenols is 1. The normalized spacial score (nSPS) is 29.2. The molecule has 12 nitrogen and oxygen atoms in total. The standard InChI is InChI=1S/C25H30O12/c1-12-9-16(36-19(28)6-4-13-3-5-15(27)17(10-13)34-2)14(20(12)24(32)33)7-8-35-25-23(31)22(30)21(29)18(11-26)37-25/h3-7,10,16,18,21-23,25-27,29-31H,8-9,11H2,1-2H3,(H,32,33)/b6-4+,14-7-/t16-,18+,21+,22-,23+,25+/m0/s1. The van der Waals surface area contributed by atoms with Crippen LogP contribution in [0, 0.1) is 0 Å². The average molecular weight is 523 g/mol. The molecule has 0 aromatic heterocycles. The van der Waals surface area contributed by atoms with Crippen molar-refractivity contribution in [2.45, 2.75) is 50.2 Å². The van der Waals surface area contributed by atoms with Gasteiger partial charge in [-0.2, -0.15) is 0 Å². The SMILES string of the molecule is COc1cc(/C=C/C(=O)O[C@H]2CC(C)=C(C(=O)O)/C2=C\CO[C@@H]2O[C@H](CO)[C@@H](O)[C@H](O)[C@H]2O)ccc1O. The predicted octanol–water partition coefficient (Wildman–Crippen LogP) is -0.126. The Bertz CT molecular complexity index is 1090. The van der Waals surface area contributed by atoms with E-state index in [-0.39, 0.29) is 35.7 Å². The number of ether oxygens (including phenoxy) is 4. The van der Waals surface area contributed by atoms with Crippen LogP contribution in [0.25, 0.3) is 6.08 Å². The summed E-state index contributed by atoms with van der Waals surface area (Å²) in [5.41, 5.74) is 1.18. The molecule has 0 unspecified atom stereocenters. The van der Waals surface area contributed by atoms with E-state index in [9.17, 15) is 40.2 Å². The van der Waals surface area contributed by atoms with Crippen LogP contribution in [0.3, 0.4) is 0 Å². The van der Waals surface area contributed by atoms with Crippen LogP contribution < -0.4 is 4.74 Å². The maximum Gasteiger partial charge on any atom is 0.336 e. The molecule has 1 heterocycles. The molecule has 1 fully saturated rings. The van der Waals surface area contributed by atoms with Gasteiger partial charge in [0.2, 0.25) is 0 Å². The van der Waals surface area contributed by atoms with Crippen molar-refractivity contribution in [3.63, 3.8) is 0 Å². The van der Waals surface area contributed by atoms with Crippen LogP contribution in [0.2, 0.25) is 0 Å². The lowest BCUT2D eigenvalue weighted by molar-refractivity contribution is -0.298. The molecular weight excluding hydrogens is 492 g/mol. The van der Waals surface area contributed by atoms with Crippen molar-refractivity contribution in [3.8, 4) is 11.5 Å². The van der Waals surface area contributed by atoms with E-state index in [2.05, 4.69) is 0 Å². The van der Waals surface area contributed by atoms with E-state index >= 15 is 0 Å². The van der Waals surface area contributed by atoms with Crippen molar-refractivity contribution in [3.05, 3.63) is 52.6 Å². The number of carbonyl (C=O) groups excluding carboxylic acids is 1. The first-order valence-corrected chi connectivity index (χ1v) is 11.4. The highest BCUT2D eigenvalue weighted by Crippen LogP contribution is 2.34. The van der Waals surface area contributed by atoms with Gasteiger partial charge in [-0.3, -0.25) is 0 Å². The number of carboxylic acids is 1. The fourth-order valence-corrected chi connectivity index (χ4v) is 4.12. The number of aliphatic hydroxyl groups excluding tert-OH is 4. The van der Waals surface area contributed by atoms with Crippen molar-refractivity contribution < 1.29 is 59.2 Å². The predicted molar refractivity (Wildman–Crippen MR) is 126 cm³/mol. The molecule has 0 spiro atoms. The summed E-state index contributed by atoms with van der Waals surface area (Å²) < 4.78 is 21.2. The highest BCUT2D eigenvalue weighted by Gasteiger charge is 2.44. The number of aromatic hydroxyl groups is 1. The van der Waals surface area contributed by atoms with Crippen LogP contribution >= 0.6 is 0 Å². The second kappa shape index (κ2) is 12.3. The number of hydrogen-bond acceptors (Lipinski definition) is 11. The van der Waals surface area contributed by atoms with Crippen molar-refractivity contribution in [2.75, 3.05) is 20.3 Å². The van der Waals surface area contributed by atoms with Gasteiger partial charge in [0.05, 0.1) is 25.9 Å². The van der Waals surface area contributed by atoms with Crippen LogP contribution in [0.1, 0.15) is 18.9 Å². The van der Waals surface area contributed by atoms with Crippen LogP contribution in [0.15, 0.2) is 47.1 Å². The van der Waals surface area contributed by atoms with Crippen LogP contribution in [0.5, 0.6) is 11.5 Å². The summed E-state index contributed by atoms with van der Waals surface area (Å²) in [5, 5.41) is 58.5. The molecule has 6 atom stereocenters. The third-order valence-corrected chi connectivity index (χ3v) is 6.05. The highest BCUT2D eigenvalue weighted by molar-refractivity contribution is 5.95. The third-order valence-electron chi connectivity index (χ3n) is 6.05. The van der Waals surface area contributed by atoms with Crippen LogP contribution in [0.4, 0.5) is 0 Å². The zero-order valence-electron chi connectivity index (χ0n) is 20.2. The lowest BCUT2D eigenvalue weighted by Gasteiger charge is -2.39. The van der Waals surface area contributed by atoms with E-state index in [1.807, 2.05) is 0 Å². The number of aliphatic hydroxyl groups is 4. The van der Waals surface area contributed by atoms with Gasteiger partial charge in [0, 0.05) is 18.1 Å². The summed E-state index contributed by atoms with van der Waals surface area (Å²) in [6.07, 6.45) is -4.16. The van der Waals surface area contributed by atoms with Gasteiger partial charge < -0.3 is 49.6 Å². The molecular formula is C25H30O12. The Morgan fingerprint density at radius 3 is 2.54 bits per heavy atom. The van der Waals surface area contributed by atoms with Gasteiger partial charge in [0.25, 0.3) is 0 Å². The van der Waals surface area contributed by atoms with E-state index < -0.39 is 55.4 Å². The molecule has 6 N–H and O–H groups in total. The zero-order valence-corrected chi connectivity index (χ0v) is 20.2. The van der Waals surface area contributed by atoms with Gasteiger partial charge >= 0.3 is 11.9 Å². The fourth-order valence-electron chi connectivity index (χ4n) is 4.12. The lowest BCUT2D eigenvalue weighted by Crippen LogP contribution is -2.59. The minimum absolute atomic E-state index is 0.0394. The molecule has 37 heavy (non-hydrogen) atoms. The third kappa shape index (κ3) is 6.55. The number of esters is 1. The number of benzene rings is 1. The zero-order chi connectivity index (χ0) is 27.3. The molecule has 0 amide bonds. The van der Waals surface area contributed by atoms with E-state index in [4.69, 9.17) is 18.9 Å². The molecule has 1 aromatic rings. The van der Waals surface area contributed by atoms with Crippen LogP contribution in [-0.2, 0) is 23.8 Å². The Morgan fingerprint density at radius 2 is 1.89 bits per heavy atom. The monoisotopic (exact) mass is 522 g/mol. The highest BCUT2D eigenvalue weighted by atomic mass is 16.7. The summed E-state index contributed by atoms with van der Waals surface area (Å²) in [6.45, 7) is 0.681. The molecule has 1 aromatic carbocycles. The molecule has 0 radical (unpaired) electrons. The minimum Gasteiger partial charge on any atom is -0.504 e. The summed E-state index contributed by atoms with van der Waals surface area (Å²) in [4.78, 5) is 24.3. The summed E-state index contributed by atoms with van der Waals surface area (Å²) in [5.74, 6) is -1.79. The van der Waals surface area contributed by atoms with Crippen molar-refractivity contribution >= 4 is 18.0 Å². The first-order valence-electron chi connectivity index (χ1n) is 11.4. The number of hydrogen-bond donors (Lipinski definition) is 6. The molecule has 1 saturated heterocycles. The number of carbonyl (C=O) groups is 2. The fraction of sp³-hybridized carbons (Fsp3) is 0.440. The minimum atomic E-state index is -1.62. The summed E-state index contributed by atoms with van der Waals surface area (Å²) >= 11 is 0. The van der Waals surface area contributed by atoms with Gasteiger partial charge in [0.1, 0.15) is 30.5 Å². The number of methoxy groups -OCH3 is 1. The molecule has 202 valence electrons. The van der Waals surface area contributed by atoms with Crippen molar-refractivity contribution in [2.24, 2.45) is 0 Å². The Labute approximate surface area is 212 Å². The molecule has 3 rings (SSSR count). The quantitative estimate of drug-likeness (QED) is 0.186. The number of phenolic OH excluding ortho intramolecular Hbond substituents is 1. The van der Waals surface area contributed by atoms with Gasteiger partial charge in [-0.1, -0.05) is 17.7 Å². The van der Waals surface area contributed by atoms with Gasteiger partial charge in [0.15, 0.2) is 17.8 Å². The Balaban J connectivity index is 1.70. The number of rotatable bonds is 9. The molecule has 1 aliphatic heterocycles. The number of carboxylic acid groups (broad SMARTS) is 1. The van der Waals surface area contributed by atoms with E-state index in [0.29, 0.717) is 11.1 Å². The summed E-state index contributed by atoms with van der Waals surface area (Å²) in [6, 6.07) is 4.49. The maximum absolute atomic E-state index is 12.5. The van der Waals surface area contributed by atoms with Gasteiger partial charge in [-0.05, 0) is 30.7 Å².